The monoisotopic (exact) mass is 307 g/mol. The highest BCUT2D eigenvalue weighted by Gasteiger charge is 2.32. The fourth-order valence-electron chi connectivity index (χ4n) is 1.86. The lowest BCUT2D eigenvalue weighted by Gasteiger charge is -2.30. The van der Waals surface area contributed by atoms with Crippen LogP contribution in [0, 0.1) is 0 Å². The molecule has 0 bridgehead atoms. The van der Waals surface area contributed by atoms with E-state index in [1.54, 1.807) is 38.1 Å². The van der Waals surface area contributed by atoms with E-state index in [9.17, 15) is 14.4 Å². The lowest BCUT2D eigenvalue weighted by molar-refractivity contribution is -0.139. The summed E-state index contributed by atoms with van der Waals surface area (Å²) in [6.07, 6.45) is -0.144. The summed E-state index contributed by atoms with van der Waals surface area (Å²) in [5, 5.41) is 13.9. The number of carbonyl (C=O) groups excluding carboxylic acids is 2. The third-order valence-corrected chi connectivity index (χ3v) is 3.00. The summed E-state index contributed by atoms with van der Waals surface area (Å²) in [7, 11) is 1.50. The number of nitrogens with one attached hydrogen (secondary N) is 2. The minimum Gasteiger partial charge on any atom is -0.481 e. The summed E-state index contributed by atoms with van der Waals surface area (Å²) in [6, 6.07) is 8.35. The van der Waals surface area contributed by atoms with E-state index in [0.29, 0.717) is 5.69 Å². The number of rotatable bonds is 6. The van der Waals surface area contributed by atoms with Crippen LogP contribution in [-0.2, 0) is 9.59 Å². The molecule has 0 aliphatic heterocycles. The van der Waals surface area contributed by atoms with E-state index in [-0.39, 0.29) is 18.9 Å². The molecule has 120 valence electrons. The van der Waals surface area contributed by atoms with Crippen molar-refractivity contribution in [3.8, 4) is 0 Å². The van der Waals surface area contributed by atoms with E-state index in [1.165, 1.54) is 11.9 Å². The molecule has 0 spiro atoms. The molecular weight excluding hydrogens is 286 g/mol. The first-order valence-electron chi connectivity index (χ1n) is 6.84. The highest BCUT2D eigenvalue weighted by Crippen LogP contribution is 2.10. The van der Waals surface area contributed by atoms with Gasteiger partial charge in [0.15, 0.2) is 0 Å². The Kier molecular flexibility index (Phi) is 5.91. The normalized spacial score (nSPS) is 10.7. The summed E-state index contributed by atoms with van der Waals surface area (Å²) >= 11 is 0. The Balaban J connectivity index is 2.59. The minimum absolute atomic E-state index is 0.0829. The van der Waals surface area contributed by atoms with Crippen molar-refractivity contribution in [1.29, 1.82) is 0 Å². The van der Waals surface area contributed by atoms with Crippen molar-refractivity contribution in [3.05, 3.63) is 30.3 Å². The second kappa shape index (κ2) is 7.44. The van der Waals surface area contributed by atoms with E-state index in [4.69, 9.17) is 5.11 Å². The number of benzene rings is 1. The standard InChI is InChI=1S/C15H21N3O4/c1-15(2,13(21)18(3)10-9-12(19)20)17-14(22)16-11-7-5-4-6-8-11/h4-8H,9-10H2,1-3H3,(H,19,20)(H2,16,17,22). The zero-order chi connectivity index (χ0) is 16.8. The molecule has 22 heavy (non-hydrogen) atoms. The van der Waals surface area contributed by atoms with E-state index >= 15 is 0 Å². The Hall–Kier alpha value is -2.57. The minimum atomic E-state index is -1.15. The van der Waals surface area contributed by atoms with Gasteiger partial charge in [0, 0.05) is 19.3 Å². The molecule has 3 amide bonds. The van der Waals surface area contributed by atoms with Crippen LogP contribution in [0.15, 0.2) is 30.3 Å². The number of carboxylic acid groups (broad SMARTS) is 1. The molecule has 0 saturated heterocycles. The maximum atomic E-state index is 12.3. The molecule has 0 saturated carbocycles. The quantitative estimate of drug-likeness (QED) is 0.742. The number of carboxylic acids is 1. The van der Waals surface area contributed by atoms with E-state index < -0.39 is 17.5 Å². The number of aliphatic carboxylic acids is 1. The van der Waals surface area contributed by atoms with Gasteiger partial charge in [-0.05, 0) is 26.0 Å². The number of nitrogens with zero attached hydrogens (tertiary/aromatic N) is 1. The fraction of sp³-hybridized carbons (Fsp3) is 0.400. The van der Waals surface area contributed by atoms with Gasteiger partial charge in [-0.15, -0.1) is 0 Å². The molecule has 1 aromatic carbocycles. The predicted molar refractivity (Wildman–Crippen MR) is 82.6 cm³/mol. The highest BCUT2D eigenvalue weighted by atomic mass is 16.4. The SMILES string of the molecule is CN(CCC(=O)O)C(=O)C(C)(C)NC(=O)Nc1ccccc1. The highest BCUT2D eigenvalue weighted by molar-refractivity contribution is 5.95. The Morgan fingerprint density at radius 1 is 1.18 bits per heavy atom. The van der Waals surface area contributed by atoms with Crippen LogP contribution in [0.5, 0.6) is 0 Å². The van der Waals surface area contributed by atoms with Crippen molar-refractivity contribution >= 4 is 23.6 Å². The summed E-state index contributed by atoms with van der Waals surface area (Å²) in [5.41, 5.74) is -0.533. The Morgan fingerprint density at radius 3 is 2.32 bits per heavy atom. The molecule has 7 nitrogen and oxygen atoms in total. The van der Waals surface area contributed by atoms with Crippen molar-refractivity contribution in [3.63, 3.8) is 0 Å². The predicted octanol–water partition coefficient (Wildman–Crippen LogP) is 1.52. The van der Waals surface area contributed by atoms with Crippen LogP contribution in [0.4, 0.5) is 10.5 Å². The molecule has 0 aliphatic carbocycles. The molecule has 0 aliphatic rings. The number of anilines is 1. The van der Waals surface area contributed by atoms with Crippen LogP contribution in [0.1, 0.15) is 20.3 Å². The Morgan fingerprint density at radius 2 is 1.77 bits per heavy atom. The number of hydrogen-bond acceptors (Lipinski definition) is 3. The van der Waals surface area contributed by atoms with Crippen LogP contribution in [0.25, 0.3) is 0 Å². The average Bonchev–Trinajstić information content (AvgIpc) is 2.44. The van der Waals surface area contributed by atoms with Gasteiger partial charge in [-0.25, -0.2) is 4.79 Å². The van der Waals surface area contributed by atoms with Crippen LogP contribution in [-0.4, -0.2) is 47.0 Å². The molecule has 0 fully saturated rings. The molecule has 0 radical (unpaired) electrons. The largest absolute Gasteiger partial charge is 0.481 e. The maximum absolute atomic E-state index is 12.3. The maximum Gasteiger partial charge on any atom is 0.320 e. The number of likely N-dealkylation sites (N-methyl/N-ethyl adjacent to an activating group) is 1. The van der Waals surface area contributed by atoms with Gasteiger partial charge in [-0.2, -0.15) is 0 Å². The summed E-state index contributed by atoms with van der Waals surface area (Å²) in [6.45, 7) is 3.22. The topological polar surface area (TPSA) is 98.7 Å². The molecule has 0 unspecified atom stereocenters. The lowest BCUT2D eigenvalue weighted by atomic mass is 10.0. The molecule has 0 heterocycles. The third kappa shape index (κ3) is 5.43. The van der Waals surface area contributed by atoms with Gasteiger partial charge in [0.2, 0.25) is 5.91 Å². The number of hydrogen-bond donors (Lipinski definition) is 3. The second-order valence-corrected chi connectivity index (χ2v) is 5.44. The lowest BCUT2D eigenvalue weighted by Crippen LogP contribution is -2.56. The Bertz CT molecular complexity index is 543. The zero-order valence-electron chi connectivity index (χ0n) is 12.9. The number of urea groups is 1. The zero-order valence-corrected chi connectivity index (χ0v) is 12.9. The van der Waals surface area contributed by atoms with Crippen molar-refractivity contribution in [2.75, 3.05) is 18.9 Å². The average molecular weight is 307 g/mol. The number of amides is 3. The molecule has 0 atom stereocenters. The van der Waals surface area contributed by atoms with Crippen LogP contribution in [0.2, 0.25) is 0 Å². The van der Waals surface area contributed by atoms with Crippen molar-refractivity contribution in [2.45, 2.75) is 25.8 Å². The van der Waals surface area contributed by atoms with Gasteiger partial charge in [-0.3, -0.25) is 9.59 Å². The van der Waals surface area contributed by atoms with Gasteiger partial charge < -0.3 is 20.6 Å². The van der Waals surface area contributed by atoms with Crippen molar-refractivity contribution < 1.29 is 19.5 Å². The van der Waals surface area contributed by atoms with Gasteiger partial charge in [0.1, 0.15) is 5.54 Å². The van der Waals surface area contributed by atoms with Crippen LogP contribution < -0.4 is 10.6 Å². The summed E-state index contributed by atoms with van der Waals surface area (Å²) in [4.78, 5) is 36.0. The van der Waals surface area contributed by atoms with Gasteiger partial charge in [0.05, 0.1) is 6.42 Å². The van der Waals surface area contributed by atoms with Crippen LogP contribution in [0.3, 0.4) is 0 Å². The molecule has 0 aromatic heterocycles. The Labute approximate surface area is 129 Å². The number of carbonyl (C=O) groups is 3. The fourth-order valence-corrected chi connectivity index (χ4v) is 1.86. The smallest absolute Gasteiger partial charge is 0.320 e. The first-order chi connectivity index (χ1) is 10.2. The van der Waals surface area contributed by atoms with E-state index in [0.717, 1.165) is 0 Å². The van der Waals surface area contributed by atoms with Crippen LogP contribution >= 0.6 is 0 Å². The number of para-hydroxylation sites is 1. The van der Waals surface area contributed by atoms with Gasteiger partial charge in [-0.1, -0.05) is 18.2 Å². The van der Waals surface area contributed by atoms with E-state index in [1.807, 2.05) is 6.07 Å². The second-order valence-electron chi connectivity index (χ2n) is 5.44. The summed E-state index contributed by atoms with van der Waals surface area (Å²) < 4.78 is 0. The molecule has 7 heteroatoms. The first kappa shape index (κ1) is 17.5. The van der Waals surface area contributed by atoms with Gasteiger partial charge in [0.25, 0.3) is 0 Å². The third-order valence-electron chi connectivity index (χ3n) is 3.00. The molecule has 1 rings (SSSR count). The molecular formula is C15H21N3O4. The van der Waals surface area contributed by atoms with Crippen molar-refractivity contribution in [1.82, 2.24) is 10.2 Å². The van der Waals surface area contributed by atoms with Gasteiger partial charge >= 0.3 is 12.0 Å². The molecule has 1 aromatic rings. The summed E-state index contributed by atoms with van der Waals surface area (Å²) in [5.74, 6) is -1.34. The first-order valence-corrected chi connectivity index (χ1v) is 6.84. The van der Waals surface area contributed by atoms with Crippen molar-refractivity contribution in [2.24, 2.45) is 0 Å². The van der Waals surface area contributed by atoms with E-state index in [2.05, 4.69) is 10.6 Å². The molecule has 3 N–H and O–H groups in total.